The number of amidine groups is 1. The molecule has 0 bridgehead atoms. The van der Waals surface area contributed by atoms with Crippen molar-refractivity contribution in [2.45, 2.75) is 122 Å². The average Bonchev–Trinajstić information content (AvgIpc) is 3.06. The van der Waals surface area contributed by atoms with E-state index in [1.807, 2.05) is 4.90 Å². The molecule has 8 heteroatoms. The highest BCUT2D eigenvalue weighted by atomic mass is 32.2. The van der Waals surface area contributed by atoms with Crippen molar-refractivity contribution >= 4 is 39.9 Å². The summed E-state index contributed by atoms with van der Waals surface area (Å²) >= 11 is 7.48. The van der Waals surface area contributed by atoms with Crippen LogP contribution in [0.15, 0.2) is 23.2 Å². The Balaban J connectivity index is 1.75. The third-order valence-electron chi connectivity index (χ3n) is 7.93. The highest BCUT2D eigenvalue weighted by Gasteiger charge is 2.44. The second kappa shape index (κ2) is 13.7. The van der Waals surface area contributed by atoms with Gasteiger partial charge in [0.05, 0.1) is 11.6 Å². The highest BCUT2D eigenvalue weighted by Crippen LogP contribution is 2.42. The molecule has 37 heavy (non-hydrogen) atoms. The minimum atomic E-state index is -4.40. The van der Waals surface area contributed by atoms with Gasteiger partial charge in [-0.05, 0) is 75.9 Å². The Morgan fingerprint density at radius 1 is 1.05 bits per heavy atom. The van der Waals surface area contributed by atoms with Crippen LogP contribution in [0.4, 0.5) is 18.9 Å². The number of hydrogen-bond acceptors (Lipinski definition) is 3. The van der Waals surface area contributed by atoms with E-state index in [0.29, 0.717) is 23.1 Å². The van der Waals surface area contributed by atoms with E-state index in [1.54, 1.807) is 30.8 Å². The number of rotatable bonds is 4. The van der Waals surface area contributed by atoms with Gasteiger partial charge in [-0.2, -0.15) is 13.2 Å². The van der Waals surface area contributed by atoms with Crippen LogP contribution in [0.5, 0.6) is 0 Å². The summed E-state index contributed by atoms with van der Waals surface area (Å²) in [5, 5.41) is 4.37. The number of nitrogens with one attached hydrogen (secondary N) is 1. The summed E-state index contributed by atoms with van der Waals surface area (Å²) in [6, 6.07) is 4.45. The van der Waals surface area contributed by atoms with E-state index >= 15 is 0 Å². The summed E-state index contributed by atoms with van der Waals surface area (Å²) in [4.78, 5) is 7.10. The van der Waals surface area contributed by atoms with Gasteiger partial charge in [-0.3, -0.25) is 9.89 Å². The van der Waals surface area contributed by atoms with Crippen molar-refractivity contribution in [1.29, 1.82) is 0 Å². The number of thiocarbonyl (C=S) groups is 1. The fourth-order valence-electron chi connectivity index (χ4n) is 5.27. The highest BCUT2D eigenvalue weighted by molar-refractivity contribution is 8.15. The van der Waals surface area contributed by atoms with Crippen molar-refractivity contribution in [2.75, 3.05) is 11.9 Å². The first-order valence-electron chi connectivity index (χ1n) is 14.1. The molecule has 1 aliphatic carbocycles. The Hall–Kier alpha value is -1.28. The van der Waals surface area contributed by atoms with Crippen LogP contribution in [-0.2, 0) is 12.6 Å². The second-order valence-corrected chi connectivity index (χ2v) is 13.2. The molecule has 1 aromatic rings. The topological polar surface area (TPSA) is 27.6 Å². The number of aryl methyl sites for hydroxylation is 1. The van der Waals surface area contributed by atoms with Gasteiger partial charge in [0, 0.05) is 17.0 Å². The van der Waals surface area contributed by atoms with Gasteiger partial charge in [0.1, 0.15) is 0 Å². The van der Waals surface area contributed by atoms with Crippen LogP contribution in [0.3, 0.4) is 0 Å². The lowest BCUT2D eigenvalue weighted by molar-refractivity contribution is -0.138. The molecule has 0 spiro atoms. The molecule has 1 N–H and O–H groups in total. The fraction of sp³-hybridized carbons (Fsp3) is 0.724. The number of halogens is 3. The molecular weight excluding hydrogens is 511 g/mol. The molecule has 0 aromatic heterocycles. The molecule has 1 saturated carbocycles. The molecule has 1 saturated heterocycles. The maximum absolute atomic E-state index is 13.6. The second-order valence-electron chi connectivity index (χ2n) is 11.2. The van der Waals surface area contributed by atoms with Crippen molar-refractivity contribution < 1.29 is 13.2 Å². The molecule has 0 amide bonds. The normalized spacial score (nSPS) is 23.5. The standard InChI is InChI=1S/C29H44F3N3S2/c1-5-23-17-18-24(19-25(23)29(30,31)32)34-26(36)35-21(2)28(3,4)37-27(35)33-20-22-15-13-11-9-7-6-8-10-12-14-16-22/h17-19,21-22H,5-16,20H2,1-4H3,(H,34,36)/b33-27+. The van der Waals surface area contributed by atoms with E-state index < -0.39 is 11.7 Å². The monoisotopic (exact) mass is 555 g/mol. The number of alkyl halides is 3. The lowest BCUT2D eigenvalue weighted by Crippen LogP contribution is -2.44. The summed E-state index contributed by atoms with van der Waals surface area (Å²) in [5.41, 5.74) is 0.0351. The van der Waals surface area contributed by atoms with E-state index in [2.05, 4.69) is 26.1 Å². The Kier molecular flexibility index (Phi) is 11.2. The number of benzene rings is 1. The molecular formula is C29H44F3N3S2. The van der Waals surface area contributed by atoms with Gasteiger partial charge >= 0.3 is 6.18 Å². The molecule has 1 unspecified atom stereocenters. The first-order valence-corrected chi connectivity index (χ1v) is 15.3. The Labute approximate surface area is 231 Å². The van der Waals surface area contributed by atoms with E-state index in [0.717, 1.165) is 11.7 Å². The Morgan fingerprint density at radius 3 is 2.16 bits per heavy atom. The molecule has 0 radical (unpaired) electrons. The van der Waals surface area contributed by atoms with Gasteiger partial charge in [0.2, 0.25) is 0 Å². The maximum atomic E-state index is 13.6. The number of thioether (sulfide) groups is 1. The van der Waals surface area contributed by atoms with Gasteiger partial charge in [-0.1, -0.05) is 82.5 Å². The molecule has 1 heterocycles. The van der Waals surface area contributed by atoms with Gasteiger partial charge in [0.25, 0.3) is 0 Å². The summed E-state index contributed by atoms with van der Waals surface area (Å²) < 4.78 is 40.7. The minimum Gasteiger partial charge on any atom is -0.332 e. The zero-order chi connectivity index (χ0) is 27.1. The molecule has 3 nitrogen and oxygen atoms in total. The van der Waals surface area contributed by atoms with Gasteiger partial charge < -0.3 is 5.32 Å². The lowest BCUT2D eigenvalue weighted by atomic mass is 9.93. The third kappa shape index (κ3) is 8.61. The summed E-state index contributed by atoms with van der Waals surface area (Å²) in [6.45, 7) is 8.98. The first-order chi connectivity index (χ1) is 17.5. The fourth-order valence-corrected chi connectivity index (χ4v) is 6.92. The number of aliphatic imine (C=N–C) groups is 1. The van der Waals surface area contributed by atoms with Crippen LogP contribution in [0.1, 0.15) is 109 Å². The van der Waals surface area contributed by atoms with Crippen LogP contribution in [0.2, 0.25) is 0 Å². The van der Waals surface area contributed by atoms with Crippen molar-refractivity contribution in [3.05, 3.63) is 29.3 Å². The predicted molar refractivity (Wildman–Crippen MR) is 157 cm³/mol. The van der Waals surface area contributed by atoms with Crippen LogP contribution in [0, 0.1) is 5.92 Å². The Bertz CT molecular complexity index is 917. The average molecular weight is 556 g/mol. The SMILES string of the molecule is CCc1ccc(NC(=S)N2/C(=N\CC3CCCCCCCCCCC3)SC(C)(C)C2C)cc1C(F)(F)F. The van der Waals surface area contributed by atoms with E-state index in [1.165, 1.54) is 76.7 Å². The number of nitrogens with zero attached hydrogens (tertiary/aromatic N) is 2. The molecule has 3 rings (SSSR count). The van der Waals surface area contributed by atoms with Crippen LogP contribution in [0.25, 0.3) is 0 Å². The van der Waals surface area contributed by atoms with Crippen molar-refractivity contribution in [1.82, 2.24) is 4.90 Å². The van der Waals surface area contributed by atoms with Gasteiger partial charge in [-0.25, -0.2) is 0 Å². The smallest absolute Gasteiger partial charge is 0.332 e. The molecule has 1 aromatic carbocycles. The zero-order valence-electron chi connectivity index (χ0n) is 22.9. The summed E-state index contributed by atoms with van der Waals surface area (Å²) in [7, 11) is 0. The Morgan fingerprint density at radius 2 is 1.62 bits per heavy atom. The summed E-state index contributed by atoms with van der Waals surface area (Å²) in [5.74, 6) is 0.575. The van der Waals surface area contributed by atoms with Gasteiger partial charge in [0.15, 0.2) is 10.3 Å². The van der Waals surface area contributed by atoms with Crippen LogP contribution < -0.4 is 5.32 Å². The van der Waals surface area contributed by atoms with E-state index in [4.69, 9.17) is 17.2 Å². The van der Waals surface area contributed by atoms with Gasteiger partial charge in [-0.15, -0.1) is 0 Å². The van der Waals surface area contributed by atoms with Crippen molar-refractivity contribution in [3.63, 3.8) is 0 Å². The maximum Gasteiger partial charge on any atom is 0.416 e. The lowest BCUT2D eigenvalue weighted by Gasteiger charge is -2.29. The van der Waals surface area contributed by atoms with Crippen molar-refractivity contribution in [2.24, 2.45) is 10.9 Å². The molecule has 208 valence electrons. The number of anilines is 1. The van der Waals surface area contributed by atoms with Crippen molar-refractivity contribution in [3.8, 4) is 0 Å². The zero-order valence-corrected chi connectivity index (χ0v) is 24.6. The number of hydrogen-bond donors (Lipinski definition) is 1. The van der Waals surface area contributed by atoms with E-state index in [9.17, 15) is 13.2 Å². The predicted octanol–water partition coefficient (Wildman–Crippen LogP) is 9.46. The quantitative estimate of drug-likeness (QED) is 0.375. The van der Waals surface area contributed by atoms with Crippen LogP contribution in [-0.4, -0.2) is 32.5 Å². The molecule has 1 aliphatic heterocycles. The largest absolute Gasteiger partial charge is 0.416 e. The molecule has 1 atom stereocenters. The third-order valence-corrected chi connectivity index (χ3v) is 9.60. The summed E-state index contributed by atoms with van der Waals surface area (Å²) in [6.07, 6.45) is 10.3. The van der Waals surface area contributed by atoms with E-state index in [-0.39, 0.29) is 16.4 Å². The molecule has 2 fully saturated rings. The molecule has 2 aliphatic rings. The van der Waals surface area contributed by atoms with Crippen LogP contribution >= 0.6 is 24.0 Å². The first kappa shape index (κ1) is 30.3. The minimum absolute atomic E-state index is 0.0598.